The van der Waals surface area contributed by atoms with Gasteiger partial charge in [0, 0.05) is 8.07 Å². The van der Waals surface area contributed by atoms with Crippen LogP contribution < -0.4 is 4.98 Å². The Balaban J connectivity index is 2.01. The highest BCUT2D eigenvalue weighted by atomic mass is 28.3. The summed E-state index contributed by atoms with van der Waals surface area (Å²) in [6.07, 6.45) is 8.90. The van der Waals surface area contributed by atoms with Gasteiger partial charge in [-0.25, -0.2) is 0 Å². The molecule has 3 heteroatoms. The lowest BCUT2D eigenvalue weighted by Crippen LogP contribution is -2.37. The molecule has 0 bridgehead atoms. The molecule has 1 nitrogen and oxygen atoms in total. The molecule has 0 aromatic heterocycles. The zero-order valence-corrected chi connectivity index (χ0v) is 14.9. The van der Waals surface area contributed by atoms with Gasteiger partial charge in [-0.15, -0.1) is 0 Å². The predicted molar refractivity (Wildman–Crippen MR) is 85.3 cm³/mol. The van der Waals surface area contributed by atoms with Crippen LogP contribution in [-0.4, -0.2) is 23.8 Å². The molecule has 1 N–H and O–H groups in total. The van der Waals surface area contributed by atoms with Crippen LogP contribution in [0.25, 0.3) is 0 Å². The van der Waals surface area contributed by atoms with Crippen LogP contribution in [0.3, 0.4) is 0 Å². The molecule has 0 heterocycles. The molecule has 0 saturated heterocycles. The molecule has 1 fully saturated rings. The molecule has 1 unspecified atom stereocenters. The third-order valence-corrected chi connectivity index (χ3v) is 7.82. The van der Waals surface area contributed by atoms with Crippen LogP contribution in [0.4, 0.5) is 0 Å². The van der Waals surface area contributed by atoms with E-state index in [0.717, 1.165) is 12.0 Å². The van der Waals surface area contributed by atoms with E-state index in [2.05, 4.69) is 31.5 Å². The normalized spacial score (nSPS) is 21.2. The summed E-state index contributed by atoms with van der Waals surface area (Å²) in [5.41, 5.74) is 0. The zero-order chi connectivity index (χ0) is 12.7. The molecule has 17 heavy (non-hydrogen) atoms. The summed E-state index contributed by atoms with van der Waals surface area (Å²) in [6, 6.07) is 3.86. The summed E-state index contributed by atoms with van der Waals surface area (Å²) in [7, 11) is -0.750. The Labute approximate surface area is 112 Å². The summed E-state index contributed by atoms with van der Waals surface area (Å²) in [4.78, 5) is 3.89. The molecule has 1 saturated carbocycles. The Morgan fingerprint density at radius 3 is 2.41 bits per heavy atom. The fraction of sp³-hybridized carbons (Fsp3) is 1.00. The van der Waals surface area contributed by atoms with E-state index in [0.29, 0.717) is 0 Å². The fourth-order valence-electron chi connectivity index (χ4n) is 2.91. The first kappa shape index (κ1) is 15.5. The lowest BCUT2D eigenvalue weighted by Gasteiger charge is -2.28. The van der Waals surface area contributed by atoms with Crippen molar-refractivity contribution in [3.05, 3.63) is 0 Å². The maximum atomic E-state index is 3.89. The van der Waals surface area contributed by atoms with Crippen molar-refractivity contribution in [2.45, 2.75) is 83.2 Å². The lowest BCUT2D eigenvalue weighted by molar-refractivity contribution is 0.304. The molecule has 102 valence electrons. The molecule has 0 radical (unpaired) electrons. The molecule has 0 spiro atoms. The maximum Gasteiger partial charge on any atom is 0.0919 e. The van der Waals surface area contributed by atoms with Gasteiger partial charge in [-0.2, -0.15) is 0 Å². The van der Waals surface area contributed by atoms with Crippen molar-refractivity contribution in [1.29, 1.82) is 0 Å². The highest BCUT2D eigenvalue weighted by Gasteiger charge is 2.19. The lowest BCUT2D eigenvalue weighted by atomic mass is 9.85. The highest BCUT2D eigenvalue weighted by molar-refractivity contribution is 6.76. The molecule has 1 aliphatic rings. The number of hydrogen-bond acceptors (Lipinski definition) is 1. The minimum atomic E-state index is -0.772. The summed E-state index contributed by atoms with van der Waals surface area (Å²) < 4.78 is 0. The molecule has 0 amide bonds. The van der Waals surface area contributed by atoms with Crippen molar-refractivity contribution >= 4 is 17.8 Å². The van der Waals surface area contributed by atoms with Crippen molar-refractivity contribution in [1.82, 2.24) is 4.98 Å². The second kappa shape index (κ2) is 7.75. The third kappa shape index (κ3) is 7.42. The van der Waals surface area contributed by atoms with E-state index in [9.17, 15) is 0 Å². The molecule has 1 aliphatic carbocycles. The van der Waals surface area contributed by atoms with E-state index in [-0.39, 0.29) is 9.68 Å². The summed E-state index contributed by atoms with van der Waals surface area (Å²) in [5.74, 6) is 0.994. The smallest absolute Gasteiger partial charge is 0.0919 e. The Morgan fingerprint density at radius 1 is 1.18 bits per heavy atom. The third-order valence-electron chi connectivity index (χ3n) is 4.18. The quantitative estimate of drug-likeness (QED) is 0.549. The van der Waals surface area contributed by atoms with E-state index in [4.69, 9.17) is 0 Å². The second-order valence-corrected chi connectivity index (χ2v) is 14.4. The van der Waals surface area contributed by atoms with E-state index >= 15 is 0 Å². The van der Waals surface area contributed by atoms with Crippen molar-refractivity contribution in [3.63, 3.8) is 0 Å². The van der Waals surface area contributed by atoms with Gasteiger partial charge in [0.05, 0.1) is 9.68 Å². The molecule has 0 aromatic rings. The molecular weight excluding hydrogens is 238 g/mol. The molecule has 0 aliphatic heterocycles. The number of hydrogen-bond donors (Lipinski definition) is 1. The van der Waals surface area contributed by atoms with Crippen molar-refractivity contribution in [2.24, 2.45) is 5.92 Å². The van der Waals surface area contributed by atoms with Crippen LogP contribution in [0.1, 0.15) is 45.4 Å². The van der Waals surface area contributed by atoms with Gasteiger partial charge in [-0.1, -0.05) is 64.3 Å². The van der Waals surface area contributed by atoms with Gasteiger partial charge in [0.1, 0.15) is 0 Å². The van der Waals surface area contributed by atoms with E-state index < -0.39 is 8.07 Å². The van der Waals surface area contributed by atoms with Gasteiger partial charge in [0.15, 0.2) is 0 Å². The number of rotatable bonds is 7. The van der Waals surface area contributed by atoms with Crippen LogP contribution in [0.5, 0.6) is 0 Å². The Hall–Kier alpha value is 0.394. The van der Waals surface area contributed by atoms with Crippen LogP contribution in [0.2, 0.25) is 31.7 Å². The molecule has 1 rings (SSSR count). The average Bonchev–Trinajstić information content (AvgIpc) is 2.28. The minimum Gasteiger partial charge on any atom is -0.340 e. The van der Waals surface area contributed by atoms with Crippen molar-refractivity contribution < 1.29 is 0 Å². The Bertz CT molecular complexity index is 195. The van der Waals surface area contributed by atoms with Gasteiger partial charge in [0.2, 0.25) is 0 Å². The van der Waals surface area contributed by atoms with Gasteiger partial charge in [0.25, 0.3) is 0 Å². The maximum absolute atomic E-state index is 3.89. The summed E-state index contributed by atoms with van der Waals surface area (Å²) in [6.45, 7) is 9.91. The van der Waals surface area contributed by atoms with E-state index in [1.54, 1.807) is 0 Å². The largest absolute Gasteiger partial charge is 0.340 e. The standard InChI is InChI=1S/C14H33NSi2/c1-13(14-9-6-5-7-10-14)15-16-11-8-12-17(2,3)4/h13-15H,5-12,16H2,1-4H3. The first-order chi connectivity index (χ1) is 7.99. The van der Waals surface area contributed by atoms with Crippen LogP contribution >= 0.6 is 0 Å². The van der Waals surface area contributed by atoms with Gasteiger partial charge >= 0.3 is 0 Å². The SMILES string of the molecule is CC(N[SiH2]CCC[Si](C)(C)C)C1CCCCC1. The topological polar surface area (TPSA) is 12.0 Å². The first-order valence-corrected chi connectivity index (χ1v) is 13.1. The predicted octanol–water partition coefficient (Wildman–Crippen LogP) is 3.78. The van der Waals surface area contributed by atoms with Crippen molar-refractivity contribution in [2.75, 3.05) is 0 Å². The van der Waals surface area contributed by atoms with Gasteiger partial charge in [-0.3, -0.25) is 0 Å². The van der Waals surface area contributed by atoms with E-state index in [1.165, 1.54) is 50.6 Å². The first-order valence-electron chi connectivity index (χ1n) is 7.72. The Morgan fingerprint density at radius 2 is 1.82 bits per heavy atom. The van der Waals surface area contributed by atoms with Gasteiger partial charge < -0.3 is 4.98 Å². The summed E-state index contributed by atoms with van der Waals surface area (Å²) in [5, 5.41) is 0. The molecule has 1 atom stereocenters. The summed E-state index contributed by atoms with van der Waals surface area (Å²) >= 11 is 0. The fourth-order valence-corrected chi connectivity index (χ4v) is 6.21. The highest BCUT2D eigenvalue weighted by Crippen LogP contribution is 2.26. The van der Waals surface area contributed by atoms with Crippen LogP contribution in [0.15, 0.2) is 0 Å². The second-order valence-electron chi connectivity index (χ2n) is 7.16. The average molecular weight is 272 g/mol. The van der Waals surface area contributed by atoms with Crippen LogP contribution in [0, 0.1) is 5.92 Å². The molecular formula is C14H33NSi2. The zero-order valence-electron chi connectivity index (χ0n) is 12.5. The van der Waals surface area contributed by atoms with Crippen molar-refractivity contribution in [3.8, 4) is 0 Å². The van der Waals surface area contributed by atoms with Crippen LogP contribution in [-0.2, 0) is 0 Å². The minimum absolute atomic E-state index is 0.0221. The number of nitrogens with one attached hydrogen (secondary N) is 1. The molecule has 0 aromatic carbocycles. The monoisotopic (exact) mass is 271 g/mol. The Kier molecular flexibility index (Phi) is 7.04. The van der Waals surface area contributed by atoms with E-state index in [1.807, 2.05) is 0 Å². The van der Waals surface area contributed by atoms with Gasteiger partial charge in [-0.05, 0) is 24.8 Å².